The second kappa shape index (κ2) is 5.46. The highest BCUT2D eigenvalue weighted by molar-refractivity contribution is 7.11. The SMILES string of the molecule is Cc1nc(C)c(CNc2ccc(-n3ccnc3)cc2)s1. The molecule has 5 heteroatoms. The fourth-order valence-electron chi connectivity index (χ4n) is 2.08. The summed E-state index contributed by atoms with van der Waals surface area (Å²) in [6, 6.07) is 8.32. The Labute approximate surface area is 122 Å². The van der Waals surface area contributed by atoms with Gasteiger partial charge < -0.3 is 9.88 Å². The molecule has 20 heavy (non-hydrogen) atoms. The number of hydrogen-bond acceptors (Lipinski definition) is 4. The van der Waals surface area contributed by atoms with Gasteiger partial charge in [0.25, 0.3) is 0 Å². The van der Waals surface area contributed by atoms with E-state index in [0.717, 1.165) is 28.6 Å². The average Bonchev–Trinajstić information content (AvgIpc) is 3.07. The van der Waals surface area contributed by atoms with Gasteiger partial charge in [-0.05, 0) is 38.1 Å². The molecule has 1 N–H and O–H groups in total. The van der Waals surface area contributed by atoms with E-state index in [-0.39, 0.29) is 0 Å². The highest BCUT2D eigenvalue weighted by Gasteiger charge is 2.04. The average molecular weight is 284 g/mol. The molecule has 0 radical (unpaired) electrons. The first kappa shape index (κ1) is 12.9. The van der Waals surface area contributed by atoms with Crippen molar-refractivity contribution in [3.8, 4) is 5.69 Å². The largest absolute Gasteiger partial charge is 0.380 e. The van der Waals surface area contributed by atoms with Crippen LogP contribution in [0.5, 0.6) is 0 Å². The molecule has 0 atom stereocenters. The molecular weight excluding hydrogens is 268 g/mol. The Morgan fingerprint density at radius 2 is 2.00 bits per heavy atom. The van der Waals surface area contributed by atoms with Gasteiger partial charge in [-0.15, -0.1) is 11.3 Å². The highest BCUT2D eigenvalue weighted by atomic mass is 32.1. The first-order valence-electron chi connectivity index (χ1n) is 6.47. The van der Waals surface area contributed by atoms with Gasteiger partial charge in [-0.25, -0.2) is 9.97 Å². The summed E-state index contributed by atoms with van der Waals surface area (Å²) in [5.74, 6) is 0. The molecule has 0 saturated carbocycles. The van der Waals surface area contributed by atoms with Crippen LogP contribution in [0.25, 0.3) is 5.69 Å². The highest BCUT2D eigenvalue weighted by Crippen LogP contribution is 2.19. The van der Waals surface area contributed by atoms with Crippen LogP contribution >= 0.6 is 11.3 Å². The third kappa shape index (κ3) is 2.72. The molecule has 0 aliphatic carbocycles. The molecule has 0 aliphatic rings. The van der Waals surface area contributed by atoms with Crippen LogP contribution in [0.2, 0.25) is 0 Å². The predicted molar refractivity (Wildman–Crippen MR) is 82.5 cm³/mol. The van der Waals surface area contributed by atoms with E-state index in [0.29, 0.717) is 0 Å². The number of imidazole rings is 1. The quantitative estimate of drug-likeness (QED) is 0.796. The molecular formula is C15H16N4S. The van der Waals surface area contributed by atoms with E-state index in [1.807, 2.05) is 17.7 Å². The van der Waals surface area contributed by atoms with Crippen molar-refractivity contribution in [1.29, 1.82) is 0 Å². The van der Waals surface area contributed by atoms with Crippen molar-refractivity contribution in [2.45, 2.75) is 20.4 Å². The lowest BCUT2D eigenvalue weighted by molar-refractivity contribution is 1.05. The lowest BCUT2D eigenvalue weighted by Gasteiger charge is -2.07. The summed E-state index contributed by atoms with van der Waals surface area (Å²) in [6.07, 6.45) is 5.51. The van der Waals surface area contributed by atoms with Gasteiger partial charge in [0.05, 0.1) is 23.6 Å². The first-order chi connectivity index (χ1) is 9.72. The van der Waals surface area contributed by atoms with Crippen LogP contribution in [0, 0.1) is 13.8 Å². The Balaban J connectivity index is 1.68. The third-order valence-electron chi connectivity index (χ3n) is 3.12. The normalized spacial score (nSPS) is 10.7. The lowest BCUT2D eigenvalue weighted by Crippen LogP contribution is -1.99. The number of nitrogens with zero attached hydrogens (tertiary/aromatic N) is 3. The zero-order valence-corrected chi connectivity index (χ0v) is 12.3. The minimum atomic E-state index is 0.821. The first-order valence-corrected chi connectivity index (χ1v) is 7.29. The zero-order valence-electron chi connectivity index (χ0n) is 11.5. The summed E-state index contributed by atoms with van der Waals surface area (Å²) in [5.41, 5.74) is 3.34. The van der Waals surface area contributed by atoms with Gasteiger partial charge >= 0.3 is 0 Å². The minimum Gasteiger partial charge on any atom is -0.380 e. The van der Waals surface area contributed by atoms with Gasteiger partial charge in [0.1, 0.15) is 0 Å². The molecule has 0 saturated heterocycles. The standard InChI is InChI=1S/C15H16N4S/c1-11-15(20-12(2)18-11)9-17-13-3-5-14(6-4-13)19-8-7-16-10-19/h3-8,10,17H,9H2,1-2H3. The summed E-state index contributed by atoms with van der Waals surface area (Å²) in [4.78, 5) is 9.78. The van der Waals surface area contributed by atoms with Crippen LogP contribution in [-0.4, -0.2) is 14.5 Å². The van der Waals surface area contributed by atoms with Crippen molar-refractivity contribution in [1.82, 2.24) is 14.5 Å². The molecule has 2 heterocycles. The molecule has 2 aromatic heterocycles. The summed E-state index contributed by atoms with van der Waals surface area (Å²) in [5, 5.41) is 4.55. The van der Waals surface area contributed by atoms with Gasteiger partial charge in [0, 0.05) is 28.6 Å². The Bertz CT molecular complexity index is 683. The maximum absolute atomic E-state index is 4.44. The second-order valence-electron chi connectivity index (χ2n) is 4.61. The van der Waals surface area contributed by atoms with Crippen molar-refractivity contribution < 1.29 is 0 Å². The van der Waals surface area contributed by atoms with E-state index >= 15 is 0 Å². The number of hydrogen-bond donors (Lipinski definition) is 1. The fourth-order valence-corrected chi connectivity index (χ4v) is 2.96. The van der Waals surface area contributed by atoms with Crippen LogP contribution in [0.4, 0.5) is 5.69 Å². The van der Waals surface area contributed by atoms with Crippen LogP contribution in [0.1, 0.15) is 15.6 Å². The number of thiazole rings is 1. The molecule has 0 bridgehead atoms. The lowest BCUT2D eigenvalue weighted by atomic mass is 10.2. The Hall–Kier alpha value is -2.14. The van der Waals surface area contributed by atoms with Crippen LogP contribution in [0.15, 0.2) is 43.0 Å². The molecule has 4 nitrogen and oxygen atoms in total. The molecule has 0 aliphatic heterocycles. The number of nitrogens with one attached hydrogen (secondary N) is 1. The molecule has 0 unspecified atom stereocenters. The van der Waals surface area contributed by atoms with Crippen molar-refractivity contribution in [2.24, 2.45) is 0 Å². The molecule has 0 amide bonds. The molecule has 0 spiro atoms. The Morgan fingerprint density at radius 1 is 1.20 bits per heavy atom. The predicted octanol–water partition coefficient (Wildman–Crippen LogP) is 3.56. The number of aryl methyl sites for hydroxylation is 2. The van der Waals surface area contributed by atoms with Gasteiger partial charge in [-0.2, -0.15) is 0 Å². The van der Waals surface area contributed by atoms with E-state index in [9.17, 15) is 0 Å². The van der Waals surface area contributed by atoms with E-state index in [1.165, 1.54) is 4.88 Å². The minimum absolute atomic E-state index is 0.821. The molecule has 0 fully saturated rings. The summed E-state index contributed by atoms with van der Waals surface area (Å²) in [6.45, 7) is 4.92. The van der Waals surface area contributed by atoms with Gasteiger partial charge in [-0.3, -0.25) is 0 Å². The van der Waals surface area contributed by atoms with Crippen LogP contribution in [0.3, 0.4) is 0 Å². The number of benzene rings is 1. The van der Waals surface area contributed by atoms with Gasteiger partial charge in [-0.1, -0.05) is 0 Å². The summed E-state index contributed by atoms with van der Waals surface area (Å²) < 4.78 is 1.99. The van der Waals surface area contributed by atoms with Crippen molar-refractivity contribution >= 4 is 17.0 Å². The molecule has 1 aromatic carbocycles. The number of rotatable bonds is 4. The third-order valence-corrected chi connectivity index (χ3v) is 4.20. The monoisotopic (exact) mass is 284 g/mol. The van der Waals surface area contributed by atoms with Crippen LogP contribution in [-0.2, 0) is 6.54 Å². The number of anilines is 1. The maximum Gasteiger partial charge on any atom is 0.0991 e. The van der Waals surface area contributed by atoms with Crippen molar-refractivity contribution in [3.05, 3.63) is 58.6 Å². The maximum atomic E-state index is 4.44. The van der Waals surface area contributed by atoms with E-state index in [4.69, 9.17) is 0 Å². The smallest absolute Gasteiger partial charge is 0.0991 e. The zero-order chi connectivity index (χ0) is 13.9. The molecule has 3 aromatic rings. The van der Waals surface area contributed by atoms with E-state index < -0.39 is 0 Å². The van der Waals surface area contributed by atoms with Crippen molar-refractivity contribution in [3.63, 3.8) is 0 Å². The Kier molecular flexibility index (Phi) is 3.52. The van der Waals surface area contributed by atoms with Crippen LogP contribution < -0.4 is 5.32 Å². The van der Waals surface area contributed by atoms with Gasteiger partial charge in [0.15, 0.2) is 0 Å². The Morgan fingerprint density at radius 3 is 2.60 bits per heavy atom. The number of aromatic nitrogens is 3. The topological polar surface area (TPSA) is 42.7 Å². The van der Waals surface area contributed by atoms with Gasteiger partial charge in [0.2, 0.25) is 0 Å². The second-order valence-corrected chi connectivity index (χ2v) is 5.90. The summed E-state index contributed by atoms with van der Waals surface area (Å²) >= 11 is 1.75. The fraction of sp³-hybridized carbons (Fsp3) is 0.200. The van der Waals surface area contributed by atoms with E-state index in [2.05, 4.69) is 46.5 Å². The van der Waals surface area contributed by atoms with E-state index in [1.54, 1.807) is 23.9 Å². The summed E-state index contributed by atoms with van der Waals surface area (Å²) in [7, 11) is 0. The molecule has 102 valence electrons. The van der Waals surface area contributed by atoms with Crippen molar-refractivity contribution in [2.75, 3.05) is 5.32 Å². The molecule has 3 rings (SSSR count).